The zero-order valence-electron chi connectivity index (χ0n) is 16.0. The normalized spacial score (nSPS) is 11.8. The van der Waals surface area contributed by atoms with E-state index in [9.17, 15) is 4.79 Å². The van der Waals surface area contributed by atoms with Gasteiger partial charge in [0, 0.05) is 18.1 Å². The minimum absolute atomic E-state index is 0.0389. The van der Waals surface area contributed by atoms with Crippen molar-refractivity contribution in [3.8, 4) is 5.75 Å². The first kappa shape index (κ1) is 20.4. The lowest BCUT2D eigenvalue weighted by Gasteiger charge is -2.17. The molecule has 2 aromatic carbocycles. The largest absolute Gasteiger partial charge is 0.481 e. The van der Waals surface area contributed by atoms with Gasteiger partial charge < -0.3 is 10.1 Å². The van der Waals surface area contributed by atoms with Gasteiger partial charge in [-0.25, -0.2) is 0 Å². The van der Waals surface area contributed by atoms with Crippen LogP contribution in [0.2, 0.25) is 0 Å². The summed E-state index contributed by atoms with van der Waals surface area (Å²) in [6, 6.07) is 16.5. The number of benzene rings is 2. The summed E-state index contributed by atoms with van der Waals surface area (Å²) in [5.74, 6) is 2.57. The monoisotopic (exact) mass is 371 g/mol. The number of ether oxygens (including phenoxy) is 1. The molecule has 0 bridgehead atoms. The fourth-order valence-corrected chi connectivity index (χ4v) is 3.34. The van der Waals surface area contributed by atoms with Gasteiger partial charge >= 0.3 is 0 Å². The highest BCUT2D eigenvalue weighted by atomic mass is 32.2. The molecule has 1 unspecified atom stereocenters. The van der Waals surface area contributed by atoms with Crippen LogP contribution in [0.15, 0.2) is 48.5 Å². The molecule has 0 aromatic heterocycles. The lowest BCUT2D eigenvalue weighted by atomic mass is 10.2. The van der Waals surface area contributed by atoms with Gasteiger partial charge in [-0.1, -0.05) is 55.8 Å². The molecule has 1 amide bonds. The van der Waals surface area contributed by atoms with Crippen LogP contribution in [0.1, 0.15) is 37.0 Å². The number of thioether (sulfide) groups is 1. The van der Waals surface area contributed by atoms with E-state index in [1.54, 1.807) is 0 Å². The topological polar surface area (TPSA) is 38.3 Å². The highest BCUT2D eigenvalue weighted by Crippen LogP contribution is 2.16. The summed E-state index contributed by atoms with van der Waals surface area (Å²) in [6.07, 6.45) is 1.21. The molecule has 140 valence electrons. The molecule has 2 aromatic rings. The Bertz CT molecular complexity index is 668. The summed E-state index contributed by atoms with van der Waals surface area (Å²) >= 11 is 1.83. The Morgan fingerprint density at radius 1 is 1.04 bits per heavy atom. The second-order valence-electron chi connectivity index (χ2n) is 6.34. The molecule has 4 heteroatoms. The molecule has 0 saturated carbocycles. The van der Waals surface area contributed by atoms with Gasteiger partial charge in [-0.15, -0.1) is 0 Å². The first-order chi connectivity index (χ1) is 12.6. The second kappa shape index (κ2) is 10.9. The standard InChI is InChI=1S/C22H29NO2S/c1-4-18-10-12-20(13-11-18)25-21(5-2)22(24)23-14-15-26-16-19-8-6-17(3)7-9-19/h6-13,21H,4-5,14-16H2,1-3H3,(H,23,24). The lowest BCUT2D eigenvalue weighted by Crippen LogP contribution is -2.39. The number of carbonyl (C=O) groups is 1. The Morgan fingerprint density at radius 3 is 2.31 bits per heavy atom. The fraction of sp³-hybridized carbons (Fsp3) is 0.409. The van der Waals surface area contributed by atoms with Crippen molar-refractivity contribution in [2.45, 2.75) is 45.5 Å². The van der Waals surface area contributed by atoms with E-state index < -0.39 is 6.10 Å². The van der Waals surface area contributed by atoms with Crippen LogP contribution < -0.4 is 10.1 Å². The van der Waals surface area contributed by atoms with E-state index in [0.717, 1.165) is 23.7 Å². The summed E-state index contributed by atoms with van der Waals surface area (Å²) in [5.41, 5.74) is 3.86. The minimum atomic E-state index is -0.440. The zero-order valence-corrected chi connectivity index (χ0v) is 16.8. The molecule has 1 N–H and O–H groups in total. The molecule has 0 fully saturated rings. The number of aryl methyl sites for hydroxylation is 2. The third-order valence-corrected chi connectivity index (χ3v) is 5.24. The maximum Gasteiger partial charge on any atom is 0.261 e. The van der Waals surface area contributed by atoms with E-state index in [-0.39, 0.29) is 5.91 Å². The van der Waals surface area contributed by atoms with Gasteiger partial charge in [0.25, 0.3) is 5.91 Å². The number of hydrogen-bond donors (Lipinski definition) is 1. The molecular weight excluding hydrogens is 342 g/mol. The Labute approximate surface area is 161 Å². The highest BCUT2D eigenvalue weighted by Gasteiger charge is 2.17. The van der Waals surface area contributed by atoms with Gasteiger partial charge in [-0.05, 0) is 43.0 Å². The molecule has 26 heavy (non-hydrogen) atoms. The molecule has 3 nitrogen and oxygen atoms in total. The van der Waals surface area contributed by atoms with Crippen LogP contribution >= 0.6 is 11.8 Å². The molecule has 0 aliphatic rings. The SMILES string of the molecule is CCc1ccc(OC(CC)C(=O)NCCSCc2ccc(C)cc2)cc1. The van der Waals surface area contributed by atoms with Gasteiger partial charge in [0.05, 0.1) is 0 Å². The Morgan fingerprint density at radius 2 is 1.69 bits per heavy atom. The first-order valence-corrected chi connectivity index (χ1v) is 10.4. The van der Waals surface area contributed by atoms with Crippen molar-refractivity contribution in [2.75, 3.05) is 12.3 Å². The Balaban J connectivity index is 1.69. The molecular formula is C22H29NO2S. The highest BCUT2D eigenvalue weighted by molar-refractivity contribution is 7.98. The maximum atomic E-state index is 12.3. The van der Waals surface area contributed by atoms with Gasteiger partial charge in [-0.2, -0.15) is 11.8 Å². The van der Waals surface area contributed by atoms with Crippen LogP contribution in [0.4, 0.5) is 0 Å². The third kappa shape index (κ3) is 6.75. The van der Waals surface area contributed by atoms with E-state index >= 15 is 0 Å². The molecule has 1 atom stereocenters. The van der Waals surface area contributed by atoms with Crippen molar-refractivity contribution >= 4 is 17.7 Å². The molecule has 0 aliphatic heterocycles. The van der Waals surface area contributed by atoms with Crippen LogP contribution in [0.5, 0.6) is 5.75 Å². The predicted molar refractivity (Wildman–Crippen MR) is 111 cm³/mol. The van der Waals surface area contributed by atoms with Crippen molar-refractivity contribution in [3.05, 3.63) is 65.2 Å². The Hall–Kier alpha value is -1.94. The molecule has 0 aliphatic carbocycles. The van der Waals surface area contributed by atoms with Crippen molar-refractivity contribution in [1.82, 2.24) is 5.32 Å². The average Bonchev–Trinajstić information content (AvgIpc) is 2.67. The van der Waals surface area contributed by atoms with Crippen LogP contribution in [-0.2, 0) is 17.0 Å². The second-order valence-corrected chi connectivity index (χ2v) is 7.45. The van der Waals surface area contributed by atoms with Gasteiger partial charge in [0.15, 0.2) is 6.10 Å². The summed E-state index contributed by atoms with van der Waals surface area (Å²) in [7, 11) is 0. The number of nitrogens with one attached hydrogen (secondary N) is 1. The first-order valence-electron chi connectivity index (χ1n) is 9.29. The van der Waals surface area contributed by atoms with Gasteiger partial charge in [0.1, 0.15) is 5.75 Å². The van der Waals surface area contributed by atoms with E-state index in [1.807, 2.05) is 43.0 Å². The van der Waals surface area contributed by atoms with Crippen LogP contribution in [0.25, 0.3) is 0 Å². The van der Waals surface area contributed by atoms with Crippen molar-refractivity contribution in [1.29, 1.82) is 0 Å². The molecule has 0 spiro atoms. The summed E-state index contributed by atoms with van der Waals surface area (Å²) in [6.45, 7) is 6.84. The van der Waals surface area contributed by atoms with Gasteiger partial charge in [-0.3, -0.25) is 4.79 Å². The van der Waals surface area contributed by atoms with Crippen LogP contribution in [0, 0.1) is 6.92 Å². The van der Waals surface area contributed by atoms with Crippen LogP contribution in [0.3, 0.4) is 0 Å². The summed E-state index contributed by atoms with van der Waals surface area (Å²) < 4.78 is 5.84. The molecule has 2 rings (SSSR count). The summed E-state index contributed by atoms with van der Waals surface area (Å²) in [5, 5.41) is 2.99. The minimum Gasteiger partial charge on any atom is -0.481 e. The van der Waals surface area contributed by atoms with Crippen molar-refractivity contribution in [2.24, 2.45) is 0 Å². The average molecular weight is 372 g/mol. The summed E-state index contributed by atoms with van der Waals surface area (Å²) in [4.78, 5) is 12.3. The fourth-order valence-electron chi connectivity index (χ4n) is 2.52. The number of hydrogen-bond acceptors (Lipinski definition) is 3. The quantitative estimate of drug-likeness (QED) is 0.612. The molecule has 0 radical (unpaired) electrons. The predicted octanol–water partition coefficient (Wildman–Crippen LogP) is 4.76. The van der Waals surface area contributed by atoms with Crippen LogP contribution in [-0.4, -0.2) is 24.3 Å². The number of rotatable bonds is 10. The van der Waals surface area contributed by atoms with Crippen molar-refractivity contribution < 1.29 is 9.53 Å². The maximum absolute atomic E-state index is 12.3. The van der Waals surface area contributed by atoms with E-state index in [2.05, 4.69) is 43.4 Å². The number of amides is 1. The molecule has 0 saturated heterocycles. The van der Waals surface area contributed by atoms with Gasteiger partial charge in [0.2, 0.25) is 0 Å². The smallest absolute Gasteiger partial charge is 0.261 e. The van der Waals surface area contributed by atoms with Crippen molar-refractivity contribution in [3.63, 3.8) is 0 Å². The zero-order chi connectivity index (χ0) is 18.8. The molecule has 0 heterocycles. The number of carbonyl (C=O) groups excluding carboxylic acids is 1. The lowest BCUT2D eigenvalue weighted by molar-refractivity contribution is -0.127. The van der Waals surface area contributed by atoms with E-state index in [4.69, 9.17) is 4.74 Å². The van der Waals surface area contributed by atoms with E-state index in [0.29, 0.717) is 13.0 Å². The van der Waals surface area contributed by atoms with E-state index in [1.165, 1.54) is 16.7 Å². The Kier molecular flexibility index (Phi) is 8.56. The third-order valence-electron chi connectivity index (χ3n) is 4.21.